The van der Waals surface area contributed by atoms with Crippen molar-refractivity contribution in [1.82, 2.24) is 10.6 Å². The van der Waals surface area contributed by atoms with Crippen molar-refractivity contribution in [2.45, 2.75) is 26.3 Å². The van der Waals surface area contributed by atoms with Gasteiger partial charge in [0.1, 0.15) is 13.2 Å². The van der Waals surface area contributed by atoms with Crippen LogP contribution < -0.4 is 25.8 Å². The molecule has 1 aromatic rings. The topological polar surface area (TPSA) is 103 Å². The summed E-state index contributed by atoms with van der Waals surface area (Å²) in [5.74, 6) is 0.963. The highest BCUT2D eigenvalue weighted by Gasteiger charge is 2.17. The van der Waals surface area contributed by atoms with Gasteiger partial charge in [-0.3, -0.25) is 9.59 Å². The fourth-order valence-electron chi connectivity index (χ4n) is 2.24. The molecule has 0 fully saturated rings. The van der Waals surface area contributed by atoms with Gasteiger partial charge in [0, 0.05) is 6.54 Å². The van der Waals surface area contributed by atoms with Crippen LogP contribution in [0.1, 0.15) is 19.4 Å². The van der Waals surface area contributed by atoms with Gasteiger partial charge in [-0.2, -0.15) is 0 Å². The summed E-state index contributed by atoms with van der Waals surface area (Å²) in [6.07, 6.45) is 0.668. The monoisotopic (exact) mass is 371 g/mol. The fraction of sp³-hybridized carbons (Fsp3) is 0.529. The number of carbonyl (C=O) groups excluding carboxylic acids is 2. The highest BCUT2D eigenvalue weighted by molar-refractivity contribution is 5.87. The summed E-state index contributed by atoms with van der Waals surface area (Å²) in [6.45, 7) is 5.24. The zero-order valence-corrected chi connectivity index (χ0v) is 15.4. The third kappa shape index (κ3) is 6.43. The fourth-order valence-corrected chi connectivity index (χ4v) is 2.24. The number of fused-ring (bicyclic) bond motifs is 1. The third-order valence-electron chi connectivity index (χ3n) is 3.79. The standard InChI is InChI=1S/C17H25N3O4.ClH/c1-11(2)16(18)17(22)20-10-15(21)19-6-5-12-3-4-13-14(9-12)24-8-7-23-13;/h3-4,9,11,16H,5-8,10,18H2,1-2H3,(H,19,21)(H,20,22);1H/t16-;/m0./s1. The second-order valence-corrected chi connectivity index (χ2v) is 6.07. The van der Waals surface area contributed by atoms with Gasteiger partial charge >= 0.3 is 0 Å². The molecule has 1 aliphatic heterocycles. The van der Waals surface area contributed by atoms with Crippen molar-refractivity contribution < 1.29 is 19.1 Å². The normalized spacial score (nSPS) is 13.6. The minimum Gasteiger partial charge on any atom is -0.486 e. The molecule has 140 valence electrons. The number of benzene rings is 1. The van der Waals surface area contributed by atoms with Crippen molar-refractivity contribution in [3.05, 3.63) is 23.8 Å². The van der Waals surface area contributed by atoms with Gasteiger partial charge in [0.05, 0.1) is 12.6 Å². The Bertz CT molecular complexity index is 595. The SMILES string of the molecule is CC(C)[C@H](N)C(=O)NCC(=O)NCCc1ccc2c(c1)OCCO2.Cl. The van der Waals surface area contributed by atoms with Crippen LogP contribution in [0.2, 0.25) is 0 Å². The van der Waals surface area contributed by atoms with E-state index in [2.05, 4.69) is 10.6 Å². The Morgan fingerprint density at radius 2 is 1.84 bits per heavy atom. The largest absolute Gasteiger partial charge is 0.486 e. The minimum atomic E-state index is -0.601. The van der Waals surface area contributed by atoms with Gasteiger partial charge in [-0.05, 0) is 30.0 Å². The highest BCUT2D eigenvalue weighted by Crippen LogP contribution is 2.30. The van der Waals surface area contributed by atoms with E-state index in [0.717, 1.165) is 17.1 Å². The van der Waals surface area contributed by atoms with Crippen molar-refractivity contribution in [3.63, 3.8) is 0 Å². The summed E-state index contributed by atoms with van der Waals surface area (Å²) >= 11 is 0. The first kappa shape index (κ1) is 21.1. The molecule has 1 heterocycles. The molecule has 0 bridgehead atoms. The van der Waals surface area contributed by atoms with Crippen molar-refractivity contribution in [2.75, 3.05) is 26.3 Å². The average Bonchev–Trinajstić information content (AvgIpc) is 2.58. The van der Waals surface area contributed by atoms with E-state index in [1.807, 2.05) is 32.0 Å². The van der Waals surface area contributed by atoms with Crippen molar-refractivity contribution in [3.8, 4) is 11.5 Å². The molecule has 0 aromatic heterocycles. The van der Waals surface area contributed by atoms with Crippen LogP contribution in [0.15, 0.2) is 18.2 Å². The van der Waals surface area contributed by atoms with Crippen LogP contribution in [0.4, 0.5) is 0 Å². The molecule has 1 aromatic carbocycles. The minimum absolute atomic E-state index is 0. The lowest BCUT2D eigenvalue weighted by Crippen LogP contribution is -2.47. The highest BCUT2D eigenvalue weighted by atomic mass is 35.5. The number of rotatable bonds is 7. The number of hydrogen-bond acceptors (Lipinski definition) is 5. The molecular weight excluding hydrogens is 346 g/mol. The number of nitrogens with one attached hydrogen (secondary N) is 2. The van der Waals surface area contributed by atoms with Gasteiger partial charge in [-0.15, -0.1) is 12.4 Å². The lowest BCUT2D eigenvalue weighted by molar-refractivity contribution is -0.127. The number of carbonyl (C=O) groups is 2. The van der Waals surface area contributed by atoms with Crippen LogP contribution >= 0.6 is 12.4 Å². The molecule has 1 atom stereocenters. The Morgan fingerprint density at radius 1 is 1.16 bits per heavy atom. The van der Waals surface area contributed by atoms with E-state index in [4.69, 9.17) is 15.2 Å². The van der Waals surface area contributed by atoms with Gasteiger partial charge in [-0.1, -0.05) is 19.9 Å². The summed E-state index contributed by atoms with van der Waals surface area (Å²) in [5.41, 5.74) is 6.76. The van der Waals surface area contributed by atoms with E-state index in [9.17, 15) is 9.59 Å². The predicted molar refractivity (Wildman–Crippen MR) is 97.2 cm³/mol. The molecule has 0 spiro atoms. The maximum atomic E-state index is 11.8. The molecule has 2 amide bonds. The van der Waals surface area contributed by atoms with Gasteiger partial charge in [0.15, 0.2) is 11.5 Å². The Labute approximate surface area is 154 Å². The Kier molecular flexibility index (Phi) is 8.51. The number of hydrogen-bond donors (Lipinski definition) is 3. The molecule has 25 heavy (non-hydrogen) atoms. The van der Waals surface area contributed by atoms with E-state index < -0.39 is 6.04 Å². The molecular formula is C17H26ClN3O4. The van der Waals surface area contributed by atoms with E-state index in [1.165, 1.54) is 0 Å². The smallest absolute Gasteiger partial charge is 0.239 e. The average molecular weight is 372 g/mol. The molecule has 7 nitrogen and oxygen atoms in total. The van der Waals surface area contributed by atoms with Crippen LogP contribution in [0.3, 0.4) is 0 Å². The summed E-state index contributed by atoms with van der Waals surface area (Å²) in [6, 6.07) is 5.14. The van der Waals surface area contributed by atoms with Gasteiger partial charge in [0.25, 0.3) is 0 Å². The first-order valence-corrected chi connectivity index (χ1v) is 8.16. The van der Waals surface area contributed by atoms with E-state index in [1.54, 1.807) is 0 Å². The molecule has 0 saturated carbocycles. The summed E-state index contributed by atoms with van der Waals surface area (Å²) in [7, 11) is 0. The van der Waals surface area contributed by atoms with Gasteiger partial charge < -0.3 is 25.8 Å². The maximum absolute atomic E-state index is 11.8. The molecule has 2 rings (SSSR count). The van der Waals surface area contributed by atoms with Crippen molar-refractivity contribution in [2.24, 2.45) is 11.7 Å². The maximum Gasteiger partial charge on any atom is 0.239 e. The Hall–Kier alpha value is -1.99. The number of amides is 2. The molecule has 0 saturated heterocycles. The molecule has 4 N–H and O–H groups in total. The summed E-state index contributed by atoms with van der Waals surface area (Å²) < 4.78 is 11.0. The van der Waals surface area contributed by atoms with Crippen molar-refractivity contribution in [1.29, 1.82) is 0 Å². The second-order valence-electron chi connectivity index (χ2n) is 6.07. The third-order valence-corrected chi connectivity index (χ3v) is 3.79. The Balaban J connectivity index is 0.00000312. The van der Waals surface area contributed by atoms with Gasteiger partial charge in [-0.25, -0.2) is 0 Å². The number of halogens is 1. The van der Waals surface area contributed by atoms with E-state index in [0.29, 0.717) is 26.2 Å². The molecule has 0 aliphatic carbocycles. The molecule has 1 aliphatic rings. The molecule has 0 radical (unpaired) electrons. The zero-order chi connectivity index (χ0) is 17.5. The van der Waals surface area contributed by atoms with Crippen LogP contribution in [-0.2, 0) is 16.0 Å². The van der Waals surface area contributed by atoms with Gasteiger partial charge in [0.2, 0.25) is 11.8 Å². The second kappa shape index (κ2) is 10.1. The molecule has 8 heteroatoms. The molecule has 0 unspecified atom stereocenters. The number of nitrogens with two attached hydrogens (primary N) is 1. The van der Waals surface area contributed by atoms with Crippen LogP contribution in [-0.4, -0.2) is 44.2 Å². The summed E-state index contributed by atoms with van der Waals surface area (Å²) in [4.78, 5) is 23.4. The number of ether oxygens (including phenoxy) is 2. The van der Waals surface area contributed by atoms with Crippen LogP contribution in [0, 0.1) is 5.92 Å². The lowest BCUT2D eigenvalue weighted by atomic mass is 10.1. The first-order valence-electron chi connectivity index (χ1n) is 8.16. The predicted octanol–water partition coefficient (Wildman–Crippen LogP) is 0.638. The van der Waals surface area contributed by atoms with Crippen LogP contribution in [0.5, 0.6) is 11.5 Å². The zero-order valence-electron chi connectivity index (χ0n) is 14.5. The lowest BCUT2D eigenvalue weighted by Gasteiger charge is -2.19. The van der Waals surface area contributed by atoms with E-state index >= 15 is 0 Å². The quantitative estimate of drug-likeness (QED) is 0.652. The Morgan fingerprint density at radius 3 is 2.52 bits per heavy atom. The summed E-state index contributed by atoms with van der Waals surface area (Å²) in [5, 5.41) is 5.31. The van der Waals surface area contributed by atoms with E-state index in [-0.39, 0.29) is 36.7 Å². The van der Waals surface area contributed by atoms with Crippen molar-refractivity contribution >= 4 is 24.2 Å². The first-order chi connectivity index (χ1) is 11.5. The van der Waals surface area contributed by atoms with Crippen LogP contribution in [0.25, 0.3) is 0 Å².